The Hall–Kier alpha value is -1.52. The summed E-state index contributed by atoms with van der Waals surface area (Å²) in [6.45, 7) is 12.5. The van der Waals surface area contributed by atoms with Gasteiger partial charge in [-0.15, -0.1) is 0 Å². The van der Waals surface area contributed by atoms with Crippen molar-refractivity contribution in [3.05, 3.63) is 11.6 Å². The van der Waals surface area contributed by atoms with Crippen molar-refractivity contribution in [2.45, 2.75) is 118 Å². The van der Waals surface area contributed by atoms with E-state index >= 15 is 0 Å². The largest absolute Gasteiger partial charge is 0.481 e. The van der Waals surface area contributed by atoms with Crippen molar-refractivity contribution in [2.24, 2.45) is 46.3 Å². The molecular formula is C31H51NO4. The quantitative estimate of drug-likeness (QED) is 0.319. The summed E-state index contributed by atoms with van der Waals surface area (Å²) in [5, 5.41) is 11.4. The van der Waals surface area contributed by atoms with E-state index in [0.717, 1.165) is 54.8 Å². The summed E-state index contributed by atoms with van der Waals surface area (Å²) in [7, 11) is 0. The first kappa shape index (κ1) is 27.5. The Kier molecular flexibility index (Phi) is 8.46. The molecule has 5 heteroatoms. The molecule has 0 saturated heterocycles. The van der Waals surface area contributed by atoms with Crippen LogP contribution in [0.3, 0.4) is 0 Å². The lowest BCUT2D eigenvalue weighted by Gasteiger charge is -2.58. The van der Waals surface area contributed by atoms with Gasteiger partial charge in [0.2, 0.25) is 0 Å². The number of allylic oxidation sites excluding steroid dienone is 1. The smallest absolute Gasteiger partial charge is 0.407 e. The lowest BCUT2D eigenvalue weighted by atomic mass is 9.47. The summed E-state index contributed by atoms with van der Waals surface area (Å²) in [5.41, 5.74) is 2.26. The van der Waals surface area contributed by atoms with Gasteiger partial charge in [0, 0.05) is 13.0 Å². The molecule has 1 unspecified atom stereocenters. The maximum Gasteiger partial charge on any atom is 0.407 e. The molecule has 3 fully saturated rings. The second-order valence-electron chi connectivity index (χ2n) is 13.6. The third-order valence-electron chi connectivity index (χ3n) is 11.1. The number of carboxylic acid groups (broad SMARTS) is 1. The van der Waals surface area contributed by atoms with Crippen LogP contribution in [-0.4, -0.2) is 29.8 Å². The Morgan fingerprint density at radius 3 is 2.58 bits per heavy atom. The number of carbonyl (C=O) groups excluding carboxylic acids is 1. The van der Waals surface area contributed by atoms with Gasteiger partial charge < -0.3 is 15.2 Å². The van der Waals surface area contributed by atoms with E-state index in [1.165, 1.54) is 56.9 Å². The molecule has 0 aliphatic heterocycles. The van der Waals surface area contributed by atoms with Crippen LogP contribution in [0.15, 0.2) is 11.6 Å². The zero-order valence-corrected chi connectivity index (χ0v) is 23.5. The van der Waals surface area contributed by atoms with Crippen molar-refractivity contribution in [2.75, 3.05) is 6.54 Å². The highest BCUT2D eigenvalue weighted by molar-refractivity contribution is 5.70. The molecule has 0 aromatic rings. The SMILES string of the molecule is CC(C)CCC[C@@H](C)[C@H]1CC[C@H]2[C@@H]3CC=C4CC(OC(=O)NCCC(=O)O)CC[C@]4(C)[C@H]3CC[C@]12C. The summed E-state index contributed by atoms with van der Waals surface area (Å²) in [5.74, 6) is 4.06. The first-order chi connectivity index (χ1) is 17.0. The van der Waals surface area contributed by atoms with Gasteiger partial charge in [-0.2, -0.15) is 0 Å². The Balaban J connectivity index is 1.38. The van der Waals surface area contributed by atoms with E-state index in [-0.39, 0.29) is 24.5 Å². The molecule has 4 aliphatic carbocycles. The highest BCUT2D eigenvalue weighted by Crippen LogP contribution is 2.67. The van der Waals surface area contributed by atoms with Gasteiger partial charge in [0.1, 0.15) is 6.10 Å². The Morgan fingerprint density at radius 2 is 1.86 bits per heavy atom. The number of rotatable bonds is 9. The zero-order chi connectivity index (χ0) is 26.1. The first-order valence-corrected chi connectivity index (χ1v) is 14.9. The minimum atomic E-state index is -0.914. The number of carboxylic acids is 1. The average molecular weight is 502 g/mol. The summed E-state index contributed by atoms with van der Waals surface area (Å²) in [6.07, 6.45) is 15.6. The number of fused-ring (bicyclic) bond motifs is 5. The number of aliphatic carboxylic acids is 1. The van der Waals surface area contributed by atoms with Crippen LogP contribution in [0.4, 0.5) is 4.79 Å². The molecule has 1 amide bonds. The molecule has 4 aliphatic rings. The van der Waals surface area contributed by atoms with Gasteiger partial charge in [0.05, 0.1) is 6.42 Å². The highest BCUT2D eigenvalue weighted by atomic mass is 16.6. The lowest BCUT2D eigenvalue weighted by molar-refractivity contribution is -0.136. The van der Waals surface area contributed by atoms with Crippen LogP contribution in [0, 0.1) is 46.3 Å². The van der Waals surface area contributed by atoms with Gasteiger partial charge >= 0.3 is 12.1 Å². The normalized spacial score (nSPS) is 38.4. The summed E-state index contributed by atoms with van der Waals surface area (Å²) >= 11 is 0. The fraction of sp³-hybridized carbons (Fsp3) is 0.871. The molecule has 204 valence electrons. The number of hydrogen-bond acceptors (Lipinski definition) is 3. The number of ether oxygens (including phenoxy) is 1. The van der Waals surface area contributed by atoms with E-state index in [1.807, 2.05) is 0 Å². The molecule has 0 spiro atoms. The van der Waals surface area contributed by atoms with Crippen LogP contribution in [-0.2, 0) is 9.53 Å². The Bertz CT molecular complexity index is 836. The monoisotopic (exact) mass is 501 g/mol. The molecule has 5 nitrogen and oxygen atoms in total. The molecule has 4 rings (SSSR count). The molecule has 0 bridgehead atoms. The van der Waals surface area contributed by atoms with E-state index in [9.17, 15) is 9.59 Å². The van der Waals surface area contributed by atoms with E-state index in [4.69, 9.17) is 9.84 Å². The van der Waals surface area contributed by atoms with Gasteiger partial charge in [-0.3, -0.25) is 4.79 Å². The van der Waals surface area contributed by atoms with Crippen molar-refractivity contribution in [3.8, 4) is 0 Å². The van der Waals surface area contributed by atoms with Gasteiger partial charge in [-0.25, -0.2) is 4.79 Å². The van der Waals surface area contributed by atoms with Gasteiger partial charge in [0.15, 0.2) is 0 Å². The van der Waals surface area contributed by atoms with Gasteiger partial charge in [-0.05, 0) is 91.3 Å². The maximum atomic E-state index is 12.2. The summed E-state index contributed by atoms with van der Waals surface area (Å²) in [4.78, 5) is 22.8. The number of alkyl carbamates (subject to hydrolysis) is 1. The molecule has 3 saturated carbocycles. The van der Waals surface area contributed by atoms with Crippen molar-refractivity contribution in [1.82, 2.24) is 5.32 Å². The van der Waals surface area contributed by atoms with Crippen molar-refractivity contribution >= 4 is 12.1 Å². The first-order valence-electron chi connectivity index (χ1n) is 14.9. The summed E-state index contributed by atoms with van der Waals surface area (Å²) < 4.78 is 5.69. The molecule has 0 radical (unpaired) electrons. The topological polar surface area (TPSA) is 75.6 Å². The van der Waals surface area contributed by atoms with Crippen molar-refractivity contribution in [3.63, 3.8) is 0 Å². The Labute approximate surface area is 219 Å². The molecule has 0 heterocycles. The van der Waals surface area contributed by atoms with Crippen LogP contribution in [0.25, 0.3) is 0 Å². The third-order valence-corrected chi connectivity index (χ3v) is 11.1. The van der Waals surface area contributed by atoms with Crippen molar-refractivity contribution < 1.29 is 19.4 Å². The van der Waals surface area contributed by atoms with Crippen LogP contribution in [0.5, 0.6) is 0 Å². The third kappa shape index (κ3) is 5.50. The van der Waals surface area contributed by atoms with E-state index < -0.39 is 12.1 Å². The van der Waals surface area contributed by atoms with Crippen LogP contribution < -0.4 is 5.32 Å². The molecule has 0 aromatic heterocycles. The van der Waals surface area contributed by atoms with Gasteiger partial charge in [0.25, 0.3) is 0 Å². The summed E-state index contributed by atoms with van der Waals surface area (Å²) in [6, 6.07) is 0. The minimum absolute atomic E-state index is 0.0796. The fourth-order valence-electron chi connectivity index (χ4n) is 9.22. The fourth-order valence-corrected chi connectivity index (χ4v) is 9.22. The number of nitrogens with one attached hydrogen (secondary N) is 1. The second-order valence-corrected chi connectivity index (χ2v) is 13.6. The zero-order valence-electron chi connectivity index (χ0n) is 23.5. The lowest BCUT2D eigenvalue weighted by Crippen LogP contribution is -2.51. The number of carbonyl (C=O) groups is 2. The molecule has 2 N–H and O–H groups in total. The predicted molar refractivity (Wildman–Crippen MR) is 144 cm³/mol. The van der Waals surface area contributed by atoms with Crippen molar-refractivity contribution in [1.29, 1.82) is 0 Å². The average Bonchev–Trinajstić information content (AvgIpc) is 3.16. The number of amides is 1. The van der Waals surface area contributed by atoms with E-state index in [2.05, 4.69) is 46.0 Å². The van der Waals surface area contributed by atoms with Crippen LogP contribution in [0.2, 0.25) is 0 Å². The maximum absolute atomic E-state index is 12.2. The standard InChI is InChI=1S/C31H51NO4/c1-20(2)7-6-8-21(3)25-11-12-26-24-10-9-22-19-23(36-29(35)32-18-15-28(33)34)13-16-30(22,4)27(24)14-17-31(25,26)5/h9,20-21,23-27H,6-8,10-19H2,1-5H3,(H,32,35)(H,33,34)/t21-,23?,24+,25-,26+,27+,30+,31-/m1/s1. The van der Waals surface area contributed by atoms with Crippen LogP contribution in [0.1, 0.15) is 112 Å². The molecular weight excluding hydrogens is 450 g/mol. The van der Waals surface area contributed by atoms with Gasteiger partial charge in [-0.1, -0.05) is 65.5 Å². The van der Waals surface area contributed by atoms with Crippen LogP contribution >= 0.6 is 0 Å². The predicted octanol–water partition coefficient (Wildman–Crippen LogP) is 7.60. The molecule has 0 aromatic carbocycles. The van der Waals surface area contributed by atoms with E-state index in [1.54, 1.807) is 0 Å². The molecule has 8 atom stereocenters. The second kappa shape index (κ2) is 11.1. The minimum Gasteiger partial charge on any atom is -0.481 e. The highest BCUT2D eigenvalue weighted by Gasteiger charge is 2.59. The molecule has 36 heavy (non-hydrogen) atoms. The number of hydrogen-bond donors (Lipinski definition) is 2. The van der Waals surface area contributed by atoms with E-state index in [0.29, 0.717) is 5.41 Å². The Morgan fingerprint density at radius 1 is 1.08 bits per heavy atom.